The van der Waals surface area contributed by atoms with Crippen LogP contribution in [0.4, 0.5) is 0 Å². The van der Waals surface area contributed by atoms with Crippen LogP contribution in [0.25, 0.3) is 10.9 Å². The molecule has 2 aromatic rings. The Labute approximate surface area is 126 Å². The Hall–Kier alpha value is -1.33. The lowest BCUT2D eigenvalue weighted by Gasteiger charge is -2.40. The standard InChI is InChI=1S/C15H17BrN2O2/c1-20-15(7-4-8-15)9-17-14(19)13-12(16)10-5-2-3-6-11(10)18-13/h2-3,5-6,18H,4,7-9H2,1H3,(H,17,19). The van der Waals surface area contributed by atoms with Crippen LogP contribution in [0.15, 0.2) is 28.7 Å². The third-order valence-corrected chi connectivity index (χ3v) is 4.96. The fourth-order valence-electron chi connectivity index (χ4n) is 2.62. The molecule has 4 nitrogen and oxygen atoms in total. The number of carbonyl (C=O) groups is 1. The summed E-state index contributed by atoms with van der Waals surface area (Å²) in [6.07, 6.45) is 3.19. The minimum atomic E-state index is -0.159. The van der Waals surface area contributed by atoms with Crippen LogP contribution in [0, 0.1) is 0 Å². The number of benzene rings is 1. The second-order valence-electron chi connectivity index (χ2n) is 5.28. The van der Waals surface area contributed by atoms with Crippen molar-refractivity contribution in [3.8, 4) is 0 Å². The van der Waals surface area contributed by atoms with Crippen molar-refractivity contribution in [3.63, 3.8) is 0 Å². The lowest BCUT2D eigenvalue weighted by Crippen LogP contribution is -2.49. The number of nitrogens with one attached hydrogen (secondary N) is 2. The van der Waals surface area contributed by atoms with Crippen molar-refractivity contribution >= 4 is 32.7 Å². The molecule has 3 rings (SSSR count). The average Bonchev–Trinajstić information content (AvgIpc) is 2.76. The first-order chi connectivity index (χ1) is 9.65. The van der Waals surface area contributed by atoms with E-state index in [4.69, 9.17) is 4.74 Å². The molecule has 5 heteroatoms. The minimum Gasteiger partial charge on any atom is -0.376 e. The van der Waals surface area contributed by atoms with Gasteiger partial charge in [0.2, 0.25) is 0 Å². The summed E-state index contributed by atoms with van der Waals surface area (Å²) in [7, 11) is 1.71. The van der Waals surface area contributed by atoms with Gasteiger partial charge in [-0.3, -0.25) is 4.79 Å². The van der Waals surface area contributed by atoms with Crippen LogP contribution in [0.1, 0.15) is 29.8 Å². The Bertz CT molecular complexity index is 641. The van der Waals surface area contributed by atoms with Gasteiger partial charge >= 0.3 is 0 Å². The quantitative estimate of drug-likeness (QED) is 0.900. The van der Waals surface area contributed by atoms with Gasteiger partial charge in [-0.05, 0) is 41.3 Å². The Balaban J connectivity index is 1.77. The number of para-hydroxylation sites is 1. The van der Waals surface area contributed by atoms with E-state index in [2.05, 4.69) is 26.2 Å². The monoisotopic (exact) mass is 336 g/mol. The van der Waals surface area contributed by atoms with Crippen molar-refractivity contribution in [2.24, 2.45) is 0 Å². The van der Waals surface area contributed by atoms with Gasteiger partial charge in [-0.2, -0.15) is 0 Å². The van der Waals surface area contributed by atoms with Crippen molar-refractivity contribution in [2.45, 2.75) is 24.9 Å². The average molecular weight is 337 g/mol. The van der Waals surface area contributed by atoms with E-state index in [0.717, 1.165) is 28.2 Å². The highest BCUT2D eigenvalue weighted by Gasteiger charge is 2.37. The molecule has 1 aromatic carbocycles. The van der Waals surface area contributed by atoms with Gasteiger partial charge in [0, 0.05) is 24.6 Å². The van der Waals surface area contributed by atoms with E-state index >= 15 is 0 Å². The van der Waals surface area contributed by atoms with E-state index in [1.807, 2.05) is 24.3 Å². The zero-order valence-electron chi connectivity index (χ0n) is 11.3. The number of aromatic amines is 1. The SMILES string of the molecule is COC1(CNC(=O)c2[nH]c3ccccc3c2Br)CCC1. The van der Waals surface area contributed by atoms with Gasteiger partial charge in [-0.25, -0.2) is 0 Å². The second kappa shape index (κ2) is 5.22. The molecule has 1 heterocycles. The maximum absolute atomic E-state index is 12.3. The van der Waals surface area contributed by atoms with Crippen LogP contribution in [0.5, 0.6) is 0 Å². The van der Waals surface area contributed by atoms with Crippen LogP contribution in [-0.2, 0) is 4.74 Å². The van der Waals surface area contributed by atoms with Gasteiger partial charge in [0.05, 0.1) is 10.1 Å². The maximum Gasteiger partial charge on any atom is 0.269 e. The Morgan fingerprint density at radius 3 is 2.80 bits per heavy atom. The molecule has 0 radical (unpaired) electrons. The summed E-state index contributed by atoms with van der Waals surface area (Å²) in [5, 5.41) is 3.99. The van der Waals surface area contributed by atoms with E-state index in [1.54, 1.807) is 7.11 Å². The van der Waals surface area contributed by atoms with Crippen molar-refractivity contribution in [1.29, 1.82) is 0 Å². The van der Waals surface area contributed by atoms with Crippen molar-refractivity contribution in [2.75, 3.05) is 13.7 Å². The highest BCUT2D eigenvalue weighted by molar-refractivity contribution is 9.10. The molecule has 20 heavy (non-hydrogen) atoms. The zero-order chi connectivity index (χ0) is 14.2. The summed E-state index contributed by atoms with van der Waals surface area (Å²) in [5.41, 5.74) is 1.36. The number of hydrogen-bond donors (Lipinski definition) is 2. The molecule has 1 aromatic heterocycles. The van der Waals surface area contributed by atoms with Gasteiger partial charge in [-0.15, -0.1) is 0 Å². The van der Waals surface area contributed by atoms with Crippen LogP contribution < -0.4 is 5.32 Å². The second-order valence-corrected chi connectivity index (χ2v) is 6.08. The van der Waals surface area contributed by atoms with E-state index in [-0.39, 0.29) is 11.5 Å². The molecule has 1 saturated carbocycles. The van der Waals surface area contributed by atoms with Gasteiger partial charge < -0.3 is 15.0 Å². The van der Waals surface area contributed by atoms with Gasteiger partial charge in [0.25, 0.3) is 5.91 Å². The number of carbonyl (C=O) groups excluding carboxylic acids is 1. The fraction of sp³-hybridized carbons (Fsp3) is 0.400. The number of hydrogen-bond acceptors (Lipinski definition) is 2. The maximum atomic E-state index is 12.3. The summed E-state index contributed by atoms with van der Waals surface area (Å²) in [5.74, 6) is -0.101. The van der Waals surface area contributed by atoms with E-state index in [9.17, 15) is 4.79 Å². The first-order valence-corrected chi connectivity index (χ1v) is 7.54. The number of fused-ring (bicyclic) bond motifs is 1. The van der Waals surface area contributed by atoms with Crippen molar-refractivity contribution in [3.05, 3.63) is 34.4 Å². The van der Waals surface area contributed by atoms with E-state index < -0.39 is 0 Å². The largest absolute Gasteiger partial charge is 0.376 e. The highest BCUT2D eigenvalue weighted by Crippen LogP contribution is 2.34. The molecule has 0 atom stereocenters. The van der Waals surface area contributed by atoms with Crippen LogP contribution in [0.3, 0.4) is 0 Å². The normalized spacial score (nSPS) is 16.9. The van der Waals surface area contributed by atoms with Crippen molar-refractivity contribution < 1.29 is 9.53 Å². The van der Waals surface area contributed by atoms with Gasteiger partial charge in [0.1, 0.15) is 5.69 Å². The lowest BCUT2D eigenvalue weighted by molar-refractivity contribution is -0.0679. The molecule has 0 bridgehead atoms. The number of methoxy groups -OCH3 is 1. The van der Waals surface area contributed by atoms with Crippen LogP contribution in [0.2, 0.25) is 0 Å². The first-order valence-electron chi connectivity index (χ1n) is 6.75. The van der Waals surface area contributed by atoms with Gasteiger partial charge in [0.15, 0.2) is 0 Å². The molecule has 1 aliphatic rings. The molecule has 2 N–H and O–H groups in total. The highest BCUT2D eigenvalue weighted by atomic mass is 79.9. The Morgan fingerprint density at radius 2 is 2.20 bits per heavy atom. The zero-order valence-corrected chi connectivity index (χ0v) is 12.9. The molecular weight excluding hydrogens is 320 g/mol. The Morgan fingerprint density at radius 1 is 1.45 bits per heavy atom. The van der Waals surface area contributed by atoms with Crippen LogP contribution >= 0.6 is 15.9 Å². The molecule has 0 spiro atoms. The number of H-pyrrole nitrogens is 1. The topological polar surface area (TPSA) is 54.1 Å². The minimum absolute atomic E-state index is 0.101. The number of amides is 1. The molecule has 1 amide bonds. The Kier molecular flexibility index (Phi) is 3.56. The molecule has 0 saturated heterocycles. The molecule has 1 fully saturated rings. The lowest BCUT2D eigenvalue weighted by atomic mass is 9.80. The van der Waals surface area contributed by atoms with Crippen LogP contribution in [-0.4, -0.2) is 30.1 Å². The third kappa shape index (κ3) is 2.25. The summed E-state index contributed by atoms with van der Waals surface area (Å²) in [6.45, 7) is 0.560. The smallest absolute Gasteiger partial charge is 0.269 e. The number of halogens is 1. The summed E-state index contributed by atoms with van der Waals surface area (Å²) >= 11 is 3.50. The van der Waals surface area contributed by atoms with Gasteiger partial charge in [-0.1, -0.05) is 18.2 Å². The predicted molar refractivity (Wildman–Crippen MR) is 81.9 cm³/mol. The summed E-state index contributed by atoms with van der Waals surface area (Å²) < 4.78 is 6.32. The number of aromatic nitrogens is 1. The fourth-order valence-corrected chi connectivity index (χ4v) is 3.24. The predicted octanol–water partition coefficient (Wildman–Crippen LogP) is 3.23. The number of ether oxygens (including phenoxy) is 1. The molecule has 1 aliphatic carbocycles. The first kappa shape index (κ1) is 13.6. The summed E-state index contributed by atoms with van der Waals surface area (Å²) in [4.78, 5) is 15.5. The molecule has 0 unspecified atom stereocenters. The number of rotatable bonds is 4. The molecular formula is C15H17BrN2O2. The third-order valence-electron chi connectivity index (χ3n) is 4.14. The van der Waals surface area contributed by atoms with Crippen molar-refractivity contribution in [1.82, 2.24) is 10.3 Å². The molecule has 0 aliphatic heterocycles. The summed E-state index contributed by atoms with van der Waals surface area (Å²) in [6, 6.07) is 7.84. The molecule has 106 valence electrons. The van der Waals surface area contributed by atoms with E-state index in [0.29, 0.717) is 12.2 Å². The van der Waals surface area contributed by atoms with E-state index in [1.165, 1.54) is 6.42 Å².